The highest BCUT2D eigenvalue weighted by Gasteiger charge is 2.48. The fourth-order valence-electron chi connectivity index (χ4n) is 3.58. The van der Waals surface area contributed by atoms with Crippen LogP contribution in [0.1, 0.15) is 33.1 Å². The lowest BCUT2D eigenvalue weighted by molar-refractivity contribution is -0.127. The maximum absolute atomic E-state index is 12.9. The first-order chi connectivity index (χ1) is 12.6. The molecule has 1 fully saturated rings. The Morgan fingerprint density at radius 2 is 2.00 bits per heavy atom. The van der Waals surface area contributed by atoms with E-state index in [1.807, 2.05) is 56.3 Å². The highest BCUT2D eigenvalue weighted by molar-refractivity contribution is 6.11. The smallest absolute Gasteiger partial charge is 0.246 e. The summed E-state index contributed by atoms with van der Waals surface area (Å²) in [6, 6.07) is 13.8. The van der Waals surface area contributed by atoms with Crippen molar-refractivity contribution in [2.75, 3.05) is 24.7 Å². The van der Waals surface area contributed by atoms with E-state index in [0.717, 1.165) is 22.9 Å². The summed E-state index contributed by atoms with van der Waals surface area (Å²) in [5, 5.41) is 5.03. The summed E-state index contributed by atoms with van der Waals surface area (Å²) in [5.41, 5.74) is -0.0649. The summed E-state index contributed by atoms with van der Waals surface area (Å²) >= 11 is 0. The molecule has 1 aliphatic rings. The molecule has 1 N–H and O–H groups in total. The summed E-state index contributed by atoms with van der Waals surface area (Å²) in [6.07, 6.45) is 1.66. The molecule has 0 spiro atoms. The molecule has 0 bridgehead atoms. The number of rotatable bonds is 7. The molecular weight excluding hydrogens is 328 g/mol. The van der Waals surface area contributed by atoms with Gasteiger partial charge in [0.05, 0.1) is 5.69 Å². The van der Waals surface area contributed by atoms with Crippen LogP contribution in [-0.2, 0) is 14.3 Å². The van der Waals surface area contributed by atoms with Crippen LogP contribution in [0.25, 0.3) is 10.8 Å². The number of carbonyl (C=O) groups excluding carboxylic acids is 2. The van der Waals surface area contributed by atoms with Crippen molar-refractivity contribution in [2.24, 2.45) is 0 Å². The number of fused-ring (bicyclic) bond motifs is 1. The molecule has 0 aliphatic carbocycles. The normalized spacial score (nSPS) is 19.9. The monoisotopic (exact) mass is 354 g/mol. The van der Waals surface area contributed by atoms with Crippen LogP contribution >= 0.6 is 0 Å². The van der Waals surface area contributed by atoms with E-state index in [1.165, 1.54) is 0 Å². The summed E-state index contributed by atoms with van der Waals surface area (Å²) in [7, 11) is 0. The van der Waals surface area contributed by atoms with E-state index < -0.39 is 5.54 Å². The molecule has 1 atom stereocenters. The topological polar surface area (TPSA) is 58.6 Å². The van der Waals surface area contributed by atoms with Gasteiger partial charge in [0.1, 0.15) is 5.54 Å². The minimum absolute atomic E-state index is 0.00619. The maximum Gasteiger partial charge on any atom is 0.246 e. The van der Waals surface area contributed by atoms with Crippen molar-refractivity contribution in [3.05, 3.63) is 42.5 Å². The number of hydrogen-bond acceptors (Lipinski definition) is 3. The molecule has 1 heterocycles. The van der Waals surface area contributed by atoms with Crippen LogP contribution in [0.15, 0.2) is 42.5 Å². The number of ether oxygens (including phenoxy) is 1. The molecule has 5 nitrogen and oxygen atoms in total. The van der Waals surface area contributed by atoms with Crippen LogP contribution in [0.2, 0.25) is 0 Å². The van der Waals surface area contributed by atoms with Gasteiger partial charge in [0, 0.05) is 31.6 Å². The summed E-state index contributed by atoms with van der Waals surface area (Å²) in [5.74, 6) is -0.110. The van der Waals surface area contributed by atoms with E-state index in [2.05, 4.69) is 5.32 Å². The second kappa shape index (κ2) is 7.87. The Kier molecular flexibility index (Phi) is 5.57. The van der Waals surface area contributed by atoms with E-state index in [9.17, 15) is 9.59 Å². The minimum atomic E-state index is -0.868. The molecule has 26 heavy (non-hydrogen) atoms. The third kappa shape index (κ3) is 3.44. The fourth-order valence-corrected chi connectivity index (χ4v) is 3.58. The zero-order chi connectivity index (χ0) is 18.6. The molecule has 1 saturated heterocycles. The Balaban J connectivity index is 1.84. The van der Waals surface area contributed by atoms with Crippen LogP contribution in [0.3, 0.4) is 0 Å². The lowest BCUT2D eigenvalue weighted by atomic mass is 9.96. The minimum Gasteiger partial charge on any atom is -0.382 e. The van der Waals surface area contributed by atoms with Crippen LogP contribution < -0.4 is 10.2 Å². The van der Waals surface area contributed by atoms with E-state index in [0.29, 0.717) is 32.6 Å². The zero-order valence-electron chi connectivity index (χ0n) is 15.5. The Morgan fingerprint density at radius 3 is 2.81 bits per heavy atom. The average Bonchev–Trinajstić information content (AvgIpc) is 2.97. The lowest BCUT2D eigenvalue weighted by Gasteiger charge is -2.34. The van der Waals surface area contributed by atoms with Gasteiger partial charge in [0.15, 0.2) is 0 Å². The van der Waals surface area contributed by atoms with Gasteiger partial charge in [-0.25, -0.2) is 0 Å². The molecule has 2 aromatic carbocycles. The first-order valence-corrected chi connectivity index (χ1v) is 9.25. The van der Waals surface area contributed by atoms with E-state index >= 15 is 0 Å². The van der Waals surface area contributed by atoms with E-state index in [4.69, 9.17) is 4.74 Å². The fraction of sp³-hybridized carbons (Fsp3) is 0.429. The Bertz CT molecular complexity index is 799. The van der Waals surface area contributed by atoms with Gasteiger partial charge in [-0.1, -0.05) is 36.4 Å². The first-order valence-electron chi connectivity index (χ1n) is 9.25. The zero-order valence-corrected chi connectivity index (χ0v) is 15.5. The van der Waals surface area contributed by atoms with Gasteiger partial charge in [-0.2, -0.15) is 0 Å². The van der Waals surface area contributed by atoms with Crippen molar-refractivity contribution in [3.8, 4) is 0 Å². The van der Waals surface area contributed by atoms with Gasteiger partial charge >= 0.3 is 0 Å². The van der Waals surface area contributed by atoms with E-state index in [-0.39, 0.29) is 11.8 Å². The maximum atomic E-state index is 12.9. The van der Waals surface area contributed by atoms with Gasteiger partial charge in [-0.15, -0.1) is 0 Å². The molecule has 138 valence electrons. The molecule has 0 aromatic heterocycles. The first kappa shape index (κ1) is 18.4. The number of anilines is 1. The lowest BCUT2D eigenvalue weighted by Crippen LogP contribution is -2.55. The molecule has 2 amide bonds. The van der Waals surface area contributed by atoms with Crippen molar-refractivity contribution in [2.45, 2.75) is 38.6 Å². The number of carbonyl (C=O) groups is 2. The van der Waals surface area contributed by atoms with Crippen LogP contribution in [0.5, 0.6) is 0 Å². The van der Waals surface area contributed by atoms with Crippen molar-refractivity contribution in [1.82, 2.24) is 5.32 Å². The number of nitrogens with one attached hydrogen (secondary N) is 1. The second-order valence-corrected chi connectivity index (χ2v) is 6.81. The van der Waals surface area contributed by atoms with Gasteiger partial charge < -0.3 is 10.1 Å². The SMILES string of the molecule is CCOCCCNC(=O)[C@@]1(C)CCC(=O)N1c1cccc2ccccc12. The van der Waals surface area contributed by atoms with Crippen molar-refractivity contribution >= 4 is 28.3 Å². The van der Waals surface area contributed by atoms with E-state index in [1.54, 1.807) is 4.90 Å². The van der Waals surface area contributed by atoms with Crippen LogP contribution in [0, 0.1) is 0 Å². The standard InChI is InChI=1S/C21H26N2O3/c1-3-26-15-7-14-22-20(25)21(2)13-12-19(24)23(21)18-11-6-9-16-8-4-5-10-17(16)18/h4-6,8-11H,3,7,12-15H2,1-2H3,(H,22,25)/t21-/m1/s1. The summed E-state index contributed by atoms with van der Waals surface area (Å²) < 4.78 is 5.31. The molecule has 3 rings (SSSR count). The van der Waals surface area contributed by atoms with Gasteiger partial charge in [-0.05, 0) is 38.1 Å². The molecule has 0 saturated carbocycles. The average molecular weight is 354 g/mol. The molecule has 1 aliphatic heterocycles. The Labute approximate surface area is 154 Å². The third-order valence-electron chi connectivity index (χ3n) is 5.02. The van der Waals surface area contributed by atoms with Gasteiger partial charge in [-0.3, -0.25) is 14.5 Å². The highest BCUT2D eigenvalue weighted by atomic mass is 16.5. The summed E-state index contributed by atoms with van der Waals surface area (Å²) in [4.78, 5) is 27.3. The predicted octanol–water partition coefficient (Wildman–Crippen LogP) is 3.27. The summed E-state index contributed by atoms with van der Waals surface area (Å²) in [6.45, 7) is 5.66. The van der Waals surface area contributed by atoms with Crippen molar-refractivity contribution < 1.29 is 14.3 Å². The highest BCUT2D eigenvalue weighted by Crippen LogP contribution is 2.38. The second-order valence-electron chi connectivity index (χ2n) is 6.81. The molecule has 0 unspecified atom stereocenters. The Hall–Kier alpha value is -2.40. The van der Waals surface area contributed by atoms with Crippen LogP contribution in [-0.4, -0.2) is 37.1 Å². The van der Waals surface area contributed by atoms with Crippen molar-refractivity contribution in [1.29, 1.82) is 0 Å². The predicted molar refractivity (Wildman–Crippen MR) is 103 cm³/mol. The van der Waals surface area contributed by atoms with Crippen LogP contribution in [0.4, 0.5) is 5.69 Å². The molecule has 2 aromatic rings. The van der Waals surface area contributed by atoms with Crippen molar-refractivity contribution in [3.63, 3.8) is 0 Å². The molecule has 0 radical (unpaired) electrons. The molecular formula is C21H26N2O3. The number of benzene rings is 2. The molecule has 5 heteroatoms. The Morgan fingerprint density at radius 1 is 1.23 bits per heavy atom. The van der Waals surface area contributed by atoms with Gasteiger partial charge in [0.2, 0.25) is 11.8 Å². The number of hydrogen-bond donors (Lipinski definition) is 1. The van der Waals surface area contributed by atoms with Gasteiger partial charge in [0.25, 0.3) is 0 Å². The third-order valence-corrected chi connectivity index (χ3v) is 5.02. The number of amides is 2. The number of nitrogens with zero attached hydrogens (tertiary/aromatic N) is 1. The quantitative estimate of drug-likeness (QED) is 0.777. The largest absolute Gasteiger partial charge is 0.382 e.